The first-order valence-corrected chi connectivity index (χ1v) is 13.6. The van der Waals surface area contributed by atoms with Crippen LogP contribution in [0.5, 0.6) is 5.75 Å². The average Bonchev–Trinajstić information content (AvgIpc) is 3.36. The number of hydrogen-bond acceptors (Lipinski definition) is 8. The topological polar surface area (TPSA) is 85.7 Å². The van der Waals surface area contributed by atoms with Crippen LogP contribution in [0.4, 0.5) is 0 Å². The van der Waals surface area contributed by atoms with Gasteiger partial charge in [0.1, 0.15) is 5.75 Å². The molecule has 1 N–H and O–H groups in total. The summed E-state index contributed by atoms with van der Waals surface area (Å²) in [5.41, 5.74) is 1.33. The van der Waals surface area contributed by atoms with Gasteiger partial charge < -0.3 is 24.6 Å². The molecule has 3 atom stereocenters. The smallest absolute Gasteiger partial charge is 0.119 e. The molecule has 3 aromatic rings. The summed E-state index contributed by atoms with van der Waals surface area (Å²) in [6.07, 6.45) is 2.49. The number of thiophene rings is 1. The number of methoxy groups -OCH3 is 1. The van der Waals surface area contributed by atoms with Crippen LogP contribution in [-0.2, 0) is 4.79 Å². The molecular formula is C25H28ClN2O4S2-. The third-order valence-electron chi connectivity index (χ3n) is 6.50. The number of ether oxygens (including phenoxy) is 1. The molecule has 3 heterocycles. The lowest BCUT2D eigenvalue weighted by Gasteiger charge is -2.39. The maximum Gasteiger partial charge on any atom is 0.119 e. The number of aromatic nitrogens is 1. The summed E-state index contributed by atoms with van der Waals surface area (Å²) >= 11 is 9.95. The highest BCUT2D eigenvalue weighted by molar-refractivity contribution is 8.01. The lowest BCUT2D eigenvalue weighted by molar-refractivity contribution is -0.314. The fourth-order valence-corrected chi connectivity index (χ4v) is 6.79. The second kappa shape index (κ2) is 11.7. The van der Waals surface area contributed by atoms with Gasteiger partial charge in [0.15, 0.2) is 0 Å². The SMILES string of the molecule is COc1ccc2ncc(Cl)c(C(O)CCC3CCN(CCSc4cccs4)CC3C(=O)[O-])c2c1. The quantitative estimate of drug-likeness (QED) is 0.401. The lowest BCUT2D eigenvalue weighted by atomic mass is 9.81. The van der Waals surface area contributed by atoms with Crippen molar-refractivity contribution in [3.8, 4) is 5.75 Å². The van der Waals surface area contributed by atoms with Gasteiger partial charge in [0.2, 0.25) is 0 Å². The van der Waals surface area contributed by atoms with Crippen LogP contribution in [0.3, 0.4) is 0 Å². The second-order valence-electron chi connectivity index (χ2n) is 8.55. The van der Waals surface area contributed by atoms with Crippen molar-refractivity contribution >= 4 is 51.6 Å². The van der Waals surface area contributed by atoms with Gasteiger partial charge in [-0.05, 0) is 61.4 Å². The molecule has 4 rings (SSSR count). The van der Waals surface area contributed by atoms with Crippen molar-refractivity contribution in [1.82, 2.24) is 9.88 Å². The Kier molecular flexibility index (Phi) is 8.71. The number of pyridine rings is 1. The van der Waals surface area contributed by atoms with Crippen LogP contribution in [-0.4, -0.2) is 53.5 Å². The number of thioether (sulfide) groups is 1. The molecule has 9 heteroatoms. The van der Waals surface area contributed by atoms with E-state index in [0.717, 1.165) is 36.2 Å². The number of carboxylic acid groups (broad SMARTS) is 1. The van der Waals surface area contributed by atoms with E-state index in [1.807, 2.05) is 24.3 Å². The van der Waals surface area contributed by atoms with E-state index in [9.17, 15) is 15.0 Å². The fourth-order valence-electron chi connectivity index (χ4n) is 4.65. The Bertz CT molecular complexity index is 1110. The highest BCUT2D eigenvalue weighted by atomic mass is 35.5. The zero-order chi connectivity index (χ0) is 24.1. The van der Waals surface area contributed by atoms with E-state index in [4.69, 9.17) is 16.3 Å². The summed E-state index contributed by atoms with van der Waals surface area (Å²) in [7, 11) is 1.59. The Morgan fingerprint density at radius 2 is 2.29 bits per heavy atom. The first-order valence-electron chi connectivity index (χ1n) is 11.4. The zero-order valence-electron chi connectivity index (χ0n) is 19.0. The predicted molar refractivity (Wildman–Crippen MR) is 136 cm³/mol. The number of aliphatic carboxylic acids is 1. The predicted octanol–water partition coefficient (Wildman–Crippen LogP) is 4.25. The van der Waals surface area contributed by atoms with Crippen LogP contribution in [0.1, 0.15) is 30.9 Å². The standard InChI is InChI=1S/C25H29ClN2O4S2/c1-32-17-5-6-21-18(13-17)24(20(26)14-27-21)22(29)7-4-16-8-9-28(15-19(16)25(30)31)10-12-34-23-3-2-11-33-23/h2-3,5-6,11,13-14,16,19,22,29H,4,7-10,12,15H2,1H3,(H,30,31)/p-1. The van der Waals surface area contributed by atoms with Crippen LogP contribution in [0, 0.1) is 11.8 Å². The molecule has 1 saturated heterocycles. The Balaban J connectivity index is 1.38. The van der Waals surface area contributed by atoms with E-state index in [1.165, 1.54) is 4.21 Å². The molecule has 34 heavy (non-hydrogen) atoms. The first kappa shape index (κ1) is 25.3. The Hall–Kier alpha value is -1.84. The number of halogens is 1. The maximum absolute atomic E-state index is 11.9. The Labute approximate surface area is 212 Å². The van der Waals surface area contributed by atoms with Crippen molar-refractivity contribution in [2.75, 3.05) is 32.5 Å². The van der Waals surface area contributed by atoms with Gasteiger partial charge >= 0.3 is 0 Å². The van der Waals surface area contributed by atoms with Crippen molar-refractivity contribution in [3.63, 3.8) is 0 Å². The van der Waals surface area contributed by atoms with Gasteiger partial charge in [0, 0.05) is 47.9 Å². The van der Waals surface area contributed by atoms with Crippen LogP contribution in [0.2, 0.25) is 5.02 Å². The molecule has 182 valence electrons. The molecular weight excluding hydrogens is 492 g/mol. The van der Waals surface area contributed by atoms with Crippen molar-refractivity contribution < 1.29 is 19.7 Å². The molecule has 2 aromatic heterocycles. The molecule has 1 aliphatic rings. The molecule has 0 radical (unpaired) electrons. The van der Waals surface area contributed by atoms with Crippen molar-refractivity contribution in [2.45, 2.75) is 29.6 Å². The number of nitrogens with zero attached hydrogens (tertiary/aromatic N) is 2. The molecule has 0 bridgehead atoms. The molecule has 1 aliphatic heterocycles. The number of fused-ring (bicyclic) bond motifs is 1. The Morgan fingerprint density at radius 1 is 1.44 bits per heavy atom. The Morgan fingerprint density at radius 3 is 3.03 bits per heavy atom. The number of aliphatic hydroxyl groups is 1. The largest absolute Gasteiger partial charge is 0.550 e. The molecule has 3 unspecified atom stereocenters. The van der Waals surface area contributed by atoms with E-state index in [1.54, 1.807) is 36.4 Å². The minimum absolute atomic E-state index is 0.0396. The summed E-state index contributed by atoms with van der Waals surface area (Å²) in [6, 6.07) is 9.61. The van der Waals surface area contributed by atoms with Crippen LogP contribution in [0.25, 0.3) is 10.9 Å². The summed E-state index contributed by atoms with van der Waals surface area (Å²) in [4.78, 5) is 18.5. The molecule has 0 spiro atoms. The highest BCUT2D eigenvalue weighted by Gasteiger charge is 2.31. The third kappa shape index (κ3) is 6.04. The van der Waals surface area contributed by atoms with Crippen LogP contribution in [0.15, 0.2) is 46.1 Å². The zero-order valence-corrected chi connectivity index (χ0v) is 21.4. The van der Waals surface area contributed by atoms with Gasteiger partial charge in [0.05, 0.1) is 28.0 Å². The van der Waals surface area contributed by atoms with Crippen LogP contribution >= 0.6 is 34.7 Å². The molecule has 0 aliphatic carbocycles. The lowest BCUT2D eigenvalue weighted by Crippen LogP contribution is -2.49. The van der Waals surface area contributed by atoms with Crippen molar-refractivity contribution in [1.29, 1.82) is 0 Å². The van der Waals surface area contributed by atoms with Crippen molar-refractivity contribution in [2.24, 2.45) is 11.8 Å². The summed E-state index contributed by atoms with van der Waals surface area (Å²) < 4.78 is 6.60. The molecule has 1 aromatic carbocycles. The minimum Gasteiger partial charge on any atom is -0.550 e. The number of rotatable bonds is 10. The van der Waals surface area contributed by atoms with Gasteiger partial charge in [-0.2, -0.15) is 0 Å². The number of carbonyl (C=O) groups is 1. The average molecular weight is 520 g/mol. The van der Waals surface area contributed by atoms with E-state index < -0.39 is 18.0 Å². The monoisotopic (exact) mass is 519 g/mol. The highest BCUT2D eigenvalue weighted by Crippen LogP contribution is 2.37. The fraction of sp³-hybridized carbons (Fsp3) is 0.440. The molecule has 0 saturated carbocycles. The van der Waals surface area contributed by atoms with E-state index in [0.29, 0.717) is 35.7 Å². The molecule has 1 fully saturated rings. The van der Waals surface area contributed by atoms with E-state index in [2.05, 4.69) is 21.3 Å². The molecule has 6 nitrogen and oxygen atoms in total. The van der Waals surface area contributed by atoms with Gasteiger partial charge in [-0.3, -0.25) is 4.98 Å². The number of aliphatic hydroxyl groups excluding tert-OH is 1. The van der Waals surface area contributed by atoms with Gasteiger partial charge in [-0.15, -0.1) is 23.1 Å². The number of hydrogen-bond donors (Lipinski definition) is 1. The van der Waals surface area contributed by atoms with Gasteiger partial charge in [-0.25, -0.2) is 0 Å². The number of benzene rings is 1. The van der Waals surface area contributed by atoms with Gasteiger partial charge in [0.25, 0.3) is 0 Å². The van der Waals surface area contributed by atoms with Gasteiger partial charge in [-0.1, -0.05) is 17.7 Å². The number of likely N-dealkylation sites (tertiary alicyclic amines) is 1. The summed E-state index contributed by atoms with van der Waals surface area (Å²) in [6.45, 7) is 2.19. The first-order chi connectivity index (χ1) is 16.5. The summed E-state index contributed by atoms with van der Waals surface area (Å²) in [5, 5.41) is 26.2. The minimum atomic E-state index is -1.01. The van der Waals surface area contributed by atoms with Crippen LogP contribution < -0.4 is 9.84 Å². The number of carbonyl (C=O) groups excluding carboxylic acids is 1. The number of piperidine rings is 1. The van der Waals surface area contributed by atoms with E-state index in [-0.39, 0.29) is 5.92 Å². The maximum atomic E-state index is 11.9. The third-order valence-corrected chi connectivity index (χ3v) is 8.91. The number of carboxylic acids is 1. The van der Waals surface area contributed by atoms with E-state index >= 15 is 0 Å². The normalized spacial score (nSPS) is 19.9. The molecule has 0 amide bonds. The second-order valence-corrected chi connectivity index (χ2v) is 11.3. The summed E-state index contributed by atoms with van der Waals surface area (Å²) in [5.74, 6) is -0.000585. The van der Waals surface area contributed by atoms with Crippen molar-refractivity contribution in [3.05, 3.63) is 52.5 Å².